The van der Waals surface area contributed by atoms with Crippen molar-refractivity contribution in [2.75, 3.05) is 25.4 Å². The van der Waals surface area contributed by atoms with Gasteiger partial charge in [0.15, 0.2) is 11.2 Å². The maximum atomic E-state index is 13.9. The molecule has 1 unspecified atom stereocenters. The number of imidazole rings is 1. The zero-order chi connectivity index (χ0) is 38.6. The highest BCUT2D eigenvalue weighted by atomic mass is 31.2. The van der Waals surface area contributed by atoms with Crippen molar-refractivity contribution in [2.45, 2.75) is 76.9 Å². The van der Waals surface area contributed by atoms with Crippen LogP contribution in [0, 0.1) is 5.92 Å². The van der Waals surface area contributed by atoms with Crippen molar-refractivity contribution in [3.8, 4) is 5.75 Å². The summed E-state index contributed by atoms with van der Waals surface area (Å²) in [5.74, 6) is -0.440. The number of rotatable bonds is 23. The van der Waals surface area contributed by atoms with E-state index in [1.807, 2.05) is 0 Å². The first-order chi connectivity index (χ1) is 26.2. The van der Waals surface area contributed by atoms with Gasteiger partial charge in [-0.15, -0.1) is 0 Å². The molecule has 1 aromatic carbocycles. The van der Waals surface area contributed by atoms with Crippen molar-refractivity contribution in [1.82, 2.24) is 29.9 Å². The van der Waals surface area contributed by atoms with Crippen LogP contribution in [-0.2, 0) is 13.9 Å². The lowest BCUT2D eigenvalue weighted by molar-refractivity contribution is -0.121. The third kappa shape index (κ3) is 13.6. The molecule has 13 nitrogen and oxygen atoms in total. The van der Waals surface area contributed by atoms with Crippen LogP contribution >= 0.6 is 7.75 Å². The Kier molecular flexibility index (Phi) is 17.4. The summed E-state index contributed by atoms with van der Waals surface area (Å²) in [7, 11) is -3.96. The molecular weight excluding hydrogens is 705 g/mol. The molecule has 2 heterocycles. The molecule has 1 fully saturated rings. The van der Waals surface area contributed by atoms with Crippen molar-refractivity contribution in [2.24, 2.45) is 5.92 Å². The quantitative estimate of drug-likeness (QED) is 0.0383. The molecule has 6 N–H and O–H groups in total. The maximum absolute atomic E-state index is 13.9. The SMILES string of the molecule is C=C1[C@H](COP(=O)(NCCNC(=O)CCC/C=C\C/C=C\C/C=C\C/C=C\C/C=C\CC)Oc2ccccc2)[C@@H](O)C[C@@H]1n1cnc2c(=O)[nH]c(N)nc21. The number of benzene rings is 1. The van der Waals surface area contributed by atoms with Crippen molar-refractivity contribution in [3.63, 3.8) is 0 Å². The maximum Gasteiger partial charge on any atom is 0.458 e. The van der Waals surface area contributed by atoms with Gasteiger partial charge in [0.2, 0.25) is 11.9 Å². The number of allylic oxidation sites excluding steroid dienone is 10. The molecule has 2 aromatic heterocycles. The topological polar surface area (TPSA) is 186 Å². The Labute approximate surface area is 317 Å². The highest BCUT2D eigenvalue weighted by molar-refractivity contribution is 7.52. The zero-order valence-electron chi connectivity index (χ0n) is 31.0. The van der Waals surface area contributed by atoms with Gasteiger partial charge in [0.1, 0.15) is 5.75 Å². The molecule has 3 aromatic rings. The van der Waals surface area contributed by atoms with E-state index in [1.165, 1.54) is 6.33 Å². The van der Waals surface area contributed by atoms with Gasteiger partial charge >= 0.3 is 7.75 Å². The number of unbranched alkanes of at least 4 members (excludes halogenated alkanes) is 1. The second kappa shape index (κ2) is 22.4. The zero-order valence-corrected chi connectivity index (χ0v) is 31.9. The second-order valence-corrected chi connectivity index (χ2v) is 14.6. The van der Waals surface area contributed by atoms with Crippen LogP contribution in [0.2, 0.25) is 0 Å². The second-order valence-electron chi connectivity index (χ2n) is 12.8. The number of hydrogen-bond acceptors (Lipinski definition) is 9. The standard InChI is InChI=1S/C40H54N7O6P/c1-3-4-5-6-7-8-9-10-11-12-13-14-15-16-17-18-22-25-36(49)42-26-27-44-54(51,53-32-23-20-19-21-24-32)52-29-33-31(2)34(28-35(33)48)47-30-43-37-38(47)45-40(41)46-39(37)50/h4-5,7-8,10-11,13-14,16-17,19-21,23-24,30,33-35,48H,2-3,6,9,12,15,18,22,25-29H2,1H3,(H,42,49)(H,44,51)(H3,41,45,46,50)/b5-4-,8-7-,11-10-,14-13-,17-16-/t33-,34-,35-,54?/m0/s1. The summed E-state index contributed by atoms with van der Waals surface area (Å²) in [6.45, 7) is 6.47. The van der Waals surface area contributed by atoms with E-state index in [9.17, 15) is 19.3 Å². The van der Waals surface area contributed by atoms with Gasteiger partial charge < -0.3 is 25.2 Å². The monoisotopic (exact) mass is 759 g/mol. The highest BCUT2D eigenvalue weighted by Crippen LogP contribution is 2.47. The molecule has 290 valence electrons. The van der Waals surface area contributed by atoms with Gasteiger partial charge in [-0.05, 0) is 69.1 Å². The van der Waals surface area contributed by atoms with Gasteiger partial charge in [-0.3, -0.25) is 19.1 Å². The van der Waals surface area contributed by atoms with Crippen molar-refractivity contribution in [3.05, 3.63) is 120 Å². The number of aromatic nitrogens is 4. The largest absolute Gasteiger partial charge is 0.458 e. The summed E-state index contributed by atoms with van der Waals surface area (Å²) in [6, 6.07) is 8.15. The van der Waals surface area contributed by atoms with Crippen LogP contribution in [0.5, 0.6) is 5.75 Å². The smallest absolute Gasteiger partial charge is 0.413 e. The minimum Gasteiger partial charge on any atom is -0.413 e. The fraction of sp³-hybridized carbons (Fsp3) is 0.400. The summed E-state index contributed by atoms with van der Waals surface area (Å²) in [5.41, 5.74) is 6.27. The fourth-order valence-electron chi connectivity index (χ4n) is 5.86. The molecule has 1 amide bonds. The third-order valence-electron chi connectivity index (χ3n) is 8.70. The lowest BCUT2D eigenvalue weighted by Gasteiger charge is -2.23. The summed E-state index contributed by atoms with van der Waals surface area (Å²) >= 11 is 0. The van der Waals surface area contributed by atoms with Gasteiger partial charge in [0, 0.05) is 25.4 Å². The molecule has 1 saturated carbocycles. The van der Waals surface area contributed by atoms with E-state index in [0.29, 0.717) is 24.2 Å². The number of para-hydroxylation sites is 1. The third-order valence-corrected chi connectivity index (χ3v) is 10.2. The first kappa shape index (κ1) is 41.9. The van der Waals surface area contributed by atoms with Gasteiger partial charge in [0.25, 0.3) is 5.56 Å². The summed E-state index contributed by atoms with van der Waals surface area (Å²) in [4.78, 5) is 35.5. The number of aliphatic hydroxyl groups excluding tert-OH is 1. The number of aromatic amines is 1. The Morgan fingerprint density at radius 3 is 2.35 bits per heavy atom. The van der Waals surface area contributed by atoms with E-state index in [0.717, 1.165) is 38.5 Å². The minimum absolute atomic E-state index is 0.0547. The molecule has 0 bridgehead atoms. The molecule has 4 rings (SSSR count). The van der Waals surface area contributed by atoms with Gasteiger partial charge in [-0.1, -0.05) is 92.5 Å². The molecule has 1 aliphatic carbocycles. The van der Waals surface area contributed by atoms with Crippen LogP contribution in [0.3, 0.4) is 0 Å². The normalized spacial score (nSPS) is 19.0. The number of aliphatic hydroxyl groups is 1. The number of fused-ring (bicyclic) bond motifs is 1. The first-order valence-corrected chi connectivity index (χ1v) is 20.1. The van der Waals surface area contributed by atoms with Crippen molar-refractivity contribution >= 4 is 30.8 Å². The molecule has 4 atom stereocenters. The summed E-state index contributed by atoms with van der Waals surface area (Å²) < 4.78 is 27.2. The number of H-pyrrole nitrogens is 1. The Morgan fingerprint density at radius 2 is 1.69 bits per heavy atom. The number of nitrogens with one attached hydrogen (secondary N) is 3. The number of anilines is 1. The molecule has 14 heteroatoms. The predicted molar refractivity (Wildman–Crippen MR) is 215 cm³/mol. The predicted octanol–water partition coefficient (Wildman–Crippen LogP) is 7.01. The molecule has 1 aliphatic rings. The van der Waals surface area contributed by atoms with Crippen LogP contribution < -0.4 is 26.2 Å². The number of hydrogen-bond donors (Lipinski definition) is 5. The Balaban J connectivity index is 1.17. The van der Waals surface area contributed by atoms with Crippen LogP contribution in [0.15, 0.2) is 114 Å². The molecule has 0 spiro atoms. The van der Waals surface area contributed by atoms with Crippen LogP contribution in [0.4, 0.5) is 5.95 Å². The number of nitrogens with zero attached hydrogens (tertiary/aromatic N) is 3. The summed E-state index contributed by atoms with van der Waals surface area (Å²) in [6.07, 6.45) is 29.1. The Bertz CT molecular complexity index is 1900. The molecular formula is C40H54N7O6P. The van der Waals surface area contributed by atoms with Crippen LogP contribution in [0.1, 0.15) is 70.8 Å². The number of nitrogens with two attached hydrogens (primary N) is 1. The van der Waals surface area contributed by atoms with Crippen molar-refractivity contribution < 1.29 is 23.5 Å². The van der Waals surface area contributed by atoms with E-state index in [4.69, 9.17) is 14.8 Å². The lowest BCUT2D eigenvalue weighted by Crippen LogP contribution is -2.32. The number of carbonyl (C=O) groups excluding carboxylic acids is 1. The fourth-order valence-corrected chi connectivity index (χ4v) is 7.21. The van der Waals surface area contributed by atoms with E-state index in [-0.39, 0.29) is 49.1 Å². The molecule has 54 heavy (non-hydrogen) atoms. The van der Waals surface area contributed by atoms with Gasteiger partial charge in [0.05, 0.1) is 25.1 Å². The Morgan fingerprint density at radius 1 is 1.04 bits per heavy atom. The summed E-state index contributed by atoms with van der Waals surface area (Å²) in [5, 5.41) is 16.7. The first-order valence-electron chi connectivity index (χ1n) is 18.6. The number of carbonyl (C=O) groups is 1. The van der Waals surface area contributed by atoms with E-state index < -0.39 is 31.4 Å². The molecule has 0 saturated heterocycles. The average Bonchev–Trinajstić information content (AvgIpc) is 3.70. The molecule has 0 aliphatic heterocycles. The van der Waals surface area contributed by atoms with E-state index in [1.54, 1.807) is 34.9 Å². The lowest BCUT2D eigenvalue weighted by atomic mass is 10.0. The Hall–Kier alpha value is -4.81. The van der Waals surface area contributed by atoms with E-state index >= 15 is 0 Å². The van der Waals surface area contributed by atoms with Gasteiger partial charge in [-0.25, -0.2) is 14.6 Å². The number of amides is 1. The average molecular weight is 760 g/mol. The molecule has 0 radical (unpaired) electrons. The highest BCUT2D eigenvalue weighted by Gasteiger charge is 2.40. The van der Waals surface area contributed by atoms with Crippen molar-refractivity contribution in [1.29, 1.82) is 0 Å². The minimum atomic E-state index is -3.96. The van der Waals surface area contributed by atoms with Gasteiger partial charge in [-0.2, -0.15) is 4.98 Å². The van der Waals surface area contributed by atoms with E-state index in [2.05, 4.69) is 99.6 Å². The number of nitrogen functional groups attached to an aromatic ring is 1. The van der Waals surface area contributed by atoms with Crippen LogP contribution in [0.25, 0.3) is 11.2 Å². The van der Waals surface area contributed by atoms with Crippen LogP contribution in [-0.4, -0.2) is 56.3 Å².